The molecule has 0 saturated carbocycles. The molecule has 0 spiro atoms. The number of benzene rings is 8. The smallest absolute Gasteiger partial charge is 0.123 e. The Morgan fingerprint density at radius 2 is 0.964 bits per heavy atom. The highest BCUT2D eigenvalue weighted by molar-refractivity contribution is 7.99. The molecule has 1 aliphatic heterocycles. The number of nitrogens with zero attached hydrogens (tertiary/aromatic N) is 1. The van der Waals surface area contributed by atoms with Gasteiger partial charge in [-0.2, -0.15) is 0 Å². The minimum Gasteiger partial charge on any atom is -0.310 e. The van der Waals surface area contributed by atoms with Gasteiger partial charge in [-0.05, 0) is 116 Å². The maximum absolute atomic E-state index is 14.4. The number of hydrogen-bond acceptors (Lipinski definition) is 2. The van der Waals surface area contributed by atoms with Crippen LogP contribution < -0.4 is 4.90 Å². The highest BCUT2D eigenvalue weighted by atomic mass is 32.2. The zero-order valence-electron chi connectivity index (χ0n) is 30.7. The third kappa shape index (κ3) is 5.29. The molecule has 0 N–H and O–H groups in total. The summed E-state index contributed by atoms with van der Waals surface area (Å²) in [5, 5.41) is 0. The van der Waals surface area contributed by atoms with Crippen LogP contribution in [0, 0.1) is 5.82 Å². The quantitative estimate of drug-likeness (QED) is 0.168. The molecule has 10 rings (SSSR count). The highest BCUT2D eigenvalue weighted by Gasteiger charge is 2.45. The summed E-state index contributed by atoms with van der Waals surface area (Å²) >= 11 is 1.85. The lowest BCUT2D eigenvalue weighted by atomic mass is 9.68. The summed E-state index contributed by atoms with van der Waals surface area (Å²) in [4.78, 5) is 4.83. The molecule has 0 radical (unpaired) electrons. The van der Waals surface area contributed by atoms with Gasteiger partial charge in [0, 0.05) is 32.3 Å². The molecular formula is C52H38FNS. The largest absolute Gasteiger partial charge is 0.310 e. The van der Waals surface area contributed by atoms with E-state index >= 15 is 0 Å². The first-order valence-corrected chi connectivity index (χ1v) is 19.7. The molecule has 0 fully saturated rings. The first kappa shape index (κ1) is 33.4. The van der Waals surface area contributed by atoms with Crippen molar-refractivity contribution in [1.29, 1.82) is 0 Å². The van der Waals surface area contributed by atoms with Crippen LogP contribution in [-0.2, 0) is 10.8 Å². The molecule has 2 aliphatic rings. The topological polar surface area (TPSA) is 3.24 Å². The van der Waals surface area contributed by atoms with E-state index in [4.69, 9.17) is 0 Å². The molecule has 0 saturated heterocycles. The van der Waals surface area contributed by atoms with E-state index in [0.29, 0.717) is 0 Å². The zero-order valence-corrected chi connectivity index (χ0v) is 31.5. The molecule has 264 valence electrons. The van der Waals surface area contributed by atoms with Crippen LogP contribution in [0.2, 0.25) is 0 Å². The van der Waals surface area contributed by atoms with Crippen LogP contribution in [0.3, 0.4) is 0 Å². The summed E-state index contributed by atoms with van der Waals surface area (Å²) in [6, 6.07) is 68.7. The Hall–Kier alpha value is -6.16. The Kier molecular flexibility index (Phi) is 7.90. The van der Waals surface area contributed by atoms with Gasteiger partial charge in [0.05, 0.1) is 5.41 Å². The molecule has 3 heteroatoms. The molecule has 55 heavy (non-hydrogen) atoms. The van der Waals surface area contributed by atoms with Crippen LogP contribution in [0.1, 0.15) is 47.2 Å². The molecule has 0 amide bonds. The number of fused-ring (bicyclic) bond motifs is 5. The fourth-order valence-electron chi connectivity index (χ4n) is 9.07. The monoisotopic (exact) mass is 727 g/mol. The van der Waals surface area contributed by atoms with Crippen LogP contribution in [-0.4, -0.2) is 0 Å². The van der Waals surface area contributed by atoms with E-state index < -0.39 is 5.41 Å². The number of hydrogen-bond donors (Lipinski definition) is 0. The SMILES string of the molecule is CC1(C)c2ccccc2Sc2cc(-c3cccc(N(c4ccc(F)cc4)c4ccc(C5(c6ccccc6)c6ccccc6-c6ccccc65)cc4)c3)ccc21. The van der Waals surface area contributed by atoms with Crippen molar-refractivity contribution in [3.63, 3.8) is 0 Å². The van der Waals surface area contributed by atoms with Crippen molar-refractivity contribution in [3.8, 4) is 22.3 Å². The fraction of sp³-hybridized carbons (Fsp3) is 0.0769. The summed E-state index contributed by atoms with van der Waals surface area (Å²) < 4.78 is 14.4. The number of anilines is 3. The average Bonchev–Trinajstić information content (AvgIpc) is 3.53. The minimum absolute atomic E-state index is 0.0785. The van der Waals surface area contributed by atoms with Crippen molar-refractivity contribution < 1.29 is 4.39 Å². The lowest BCUT2D eigenvalue weighted by molar-refractivity contribution is 0.607. The molecule has 8 aromatic carbocycles. The van der Waals surface area contributed by atoms with Gasteiger partial charge in [-0.15, -0.1) is 0 Å². The van der Waals surface area contributed by atoms with E-state index in [0.717, 1.165) is 22.6 Å². The maximum atomic E-state index is 14.4. The number of rotatable bonds is 6. The van der Waals surface area contributed by atoms with Crippen molar-refractivity contribution in [2.24, 2.45) is 0 Å². The molecular weight excluding hydrogens is 690 g/mol. The van der Waals surface area contributed by atoms with E-state index in [1.165, 1.54) is 72.0 Å². The zero-order chi connectivity index (χ0) is 37.1. The van der Waals surface area contributed by atoms with Crippen molar-refractivity contribution in [2.75, 3.05) is 4.90 Å². The van der Waals surface area contributed by atoms with Gasteiger partial charge in [-0.25, -0.2) is 4.39 Å². The van der Waals surface area contributed by atoms with Crippen molar-refractivity contribution in [1.82, 2.24) is 0 Å². The van der Waals surface area contributed by atoms with Crippen molar-refractivity contribution in [2.45, 2.75) is 34.5 Å². The second-order valence-corrected chi connectivity index (χ2v) is 16.1. The lowest BCUT2D eigenvalue weighted by Gasteiger charge is -2.35. The fourth-order valence-corrected chi connectivity index (χ4v) is 10.5. The Bertz CT molecular complexity index is 2670. The van der Waals surface area contributed by atoms with E-state index in [2.05, 4.69) is 189 Å². The van der Waals surface area contributed by atoms with Gasteiger partial charge >= 0.3 is 0 Å². The Morgan fingerprint density at radius 1 is 0.418 bits per heavy atom. The molecule has 1 heterocycles. The Labute approximate surface area is 326 Å². The van der Waals surface area contributed by atoms with Crippen molar-refractivity contribution >= 4 is 28.8 Å². The standard InChI is InChI=1S/C52H38FNS/c1-51(2)47-21-10-11-22-49(47)55-50-34-36(23-32-48(50)51)35-13-12-16-42(33-35)54(41-30-26-39(53)27-31-41)40-28-24-38(25-29-40)52(37-14-4-3-5-15-37)45-19-8-6-17-43(45)44-18-7-9-20-46(44)52/h3-34H,1-2H3. The molecule has 8 aromatic rings. The lowest BCUT2D eigenvalue weighted by Crippen LogP contribution is -2.28. The van der Waals surface area contributed by atoms with Crippen LogP contribution in [0.15, 0.2) is 204 Å². The molecule has 0 bridgehead atoms. The third-order valence-corrected chi connectivity index (χ3v) is 12.8. The number of halogens is 1. The molecule has 0 atom stereocenters. The second kappa shape index (κ2) is 13.0. The molecule has 0 aromatic heterocycles. The van der Waals surface area contributed by atoms with Crippen molar-refractivity contribution in [3.05, 3.63) is 233 Å². The normalized spacial score (nSPS) is 14.3. The summed E-state index contributed by atoms with van der Waals surface area (Å²) in [5.41, 5.74) is 14.9. The first-order chi connectivity index (χ1) is 26.9. The summed E-state index contributed by atoms with van der Waals surface area (Å²) in [6.45, 7) is 4.64. The minimum atomic E-state index is -0.479. The van der Waals surface area contributed by atoms with Crippen LogP contribution in [0.25, 0.3) is 22.3 Å². The summed E-state index contributed by atoms with van der Waals surface area (Å²) in [6.07, 6.45) is 0. The van der Waals surface area contributed by atoms with Crippen LogP contribution >= 0.6 is 11.8 Å². The molecule has 1 nitrogen and oxygen atoms in total. The van der Waals surface area contributed by atoms with E-state index in [1.807, 2.05) is 23.9 Å². The summed E-state index contributed by atoms with van der Waals surface area (Å²) in [5.74, 6) is -0.257. The van der Waals surface area contributed by atoms with Crippen LogP contribution in [0.4, 0.5) is 21.5 Å². The van der Waals surface area contributed by atoms with Gasteiger partial charge in [0.15, 0.2) is 0 Å². The van der Waals surface area contributed by atoms with Gasteiger partial charge in [0.1, 0.15) is 5.82 Å². The van der Waals surface area contributed by atoms with Gasteiger partial charge in [0.25, 0.3) is 0 Å². The highest BCUT2D eigenvalue weighted by Crippen LogP contribution is 2.56. The second-order valence-electron chi connectivity index (χ2n) is 15.1. The summed E-state index contributed by atoms with van der Waals surface area (Å²) in [7, 11) is 0. The predicted octanol–water partition coefficient (Wildman–Crippen LogP) is 14.1. The Morgan fingerprint density at radius 3 is 1.65 bits per heavy atom. The molecule has 1 aliphatic carbocycles. The average molecular weight is 728 g/mol. The van der Waals surface area contributed by atoms with Gasteiger partial charge in [-0.3, -0.25) is 0 Å². The van der Waals surface area contributed by atoms with E-state index in [-0.39, 0.29) is 11.2 Å². The van der Waals surface area contributed by atoms with E-state index in [9.17, 15) is 4.39 Å². The van der Waals surface area contributed by atoms with Gasteiger partial charge < -0.3 is 4.90 Å². The first-order valence-electron chi connectivity index (χ1n) is 18.9. The van der Waals surface area contributed by atoms with Crippen LogP contribution in [0.5, 0.6) is 0 Å². The Balaban J connectivity index is 1.09. The van der Waals surface area contributed by atoms with Gasteiger partial charge in [-0.1, -0.05) is 159 Å². The third-order valence-electron chi connectivity index (χ3n) is 11.7. The van der Waals surface area contributed by atoms with Gasteiger partial charge in [0.2, 0.25) is 0 Å². The molecule has 0 unspecified atom stereocenters. The predicted molar refractivity (Wildman–Crippen MR) is 227 cm³/mol. The maximum Gasteiger partial charge on any atom is 0.123 e. The van der Waals surface area contributed by atoms with E-state index in [1.54, 1.807) is 0 Å².